The first kappa shape index (κ1) is 15.0. The molecule has 0 amide bonds. The predicted octanol–water partition coefficient (Wildman–Crippen LogP) is 4.17. The van der Waals surface area contributed by atoms with Crippen molar-refractivity contribution in [3.05, 3.63) is 66.6 Å². The van der Waals surface area contributed by atoms with Crippen LogP contribution in [0, 0.1) is 0 Å². The highest BCUT2D eigenvalue weighted by Crippen LogP contribution is 2.27. The van der Waals surface area contributed by atoms with Crippen molar-refractivity contribution in [1.82, 2.24) is 4.57 Å². The minimum atomic E-state index is 0.894. The van der Waals surface area contributed by atoms with Crippen LogP contribution < -0.4 is 9.30 Å². The Morgan fingerprint density at radius 1 is 0.917 bits per heavy atom. The summed E-state index contributed by atoms with van der Waals surface area (Å²) in [6.45, 7) is 1.11. The fraction of sp³-hybridized carbons (Fsp3) is 0.286. The van der Waals surface area contributed by atoms with Crippen molar-refractivity contribution >= 4 is 0 Å². The number of ether oxygens (including phenoxy) is 1. The molecule has 0 atom stereocenters. The van der Waals surface area contributed by atoms with Crippen LogP contribution in [0.4, 0.5) is 0 Å². The number of benzene rings is 2. The Labute approximate surface area is 143 Å². The van der Waals surface area contributed by atoms with Gasteiger partial charge in [0.1, 0.15) is 17.6 Å². The molecule has 24 heavy (non-hydrogen) atoms. The Kier molecular flexibility index (Phi) is 4.08. The summed E-state index contributed by atoms with van der Waals surface area (Å²) < 4.78 is 10.2. The zero-order valence-corrected chi connectivity index (χ0v) is 14.1. The highest BCUT2D eigenvalue weighted by atomic mass is 16.5. The maximum atomic E-state index is 5.32. The van der Waals surface area contributed by atoms with Gasteiger partial charge >= 0.3 is 0 Å². The van der Waals surface area contributed by atoms with Crippen molar-refractivity contribution in [3.63, 3.8) is 0 Å². The first-order valence-electron chi connectivity index (χ1n) is 8.71. The van der Waals surface area contributed by atoms with Gasteiger partial charge in [-0.1, -0.05) is 30.3 Å². The number of hydrogen-bond acceptors (Lipinski definition) is 1. The smallest absolute Gasteiger partial charge is 0.262 e. The molecule has 3 aromatic rings. The Hall–Kier alpha value is -2.55. The third-order valence-corrected chi connectivity index (χ3v) is 4.81. The van der Waals surface area contributed by atoms with Gasteiger partial charge in [0, 0.05) is 12.0 Å². The Morgan fingerprint density at radius 2 is 1.71 bits per heavy atom. The fourth-order valence-corrected chi connectivity index (χ4v) is 3.57. The van der Waals surface area contributed by atoms with Crippen LogP contribution in [0.25, 0.3) is 16.9 Å². The molecule has 0 bridgehead atoms. The zero-order valence-electron chi connectivity index (χ0n) is 14.1. The number of fused-ring (bicyclic) bond motifs is 1. The predicted molar refractivity (Wildman–Crippen MR) is 95.5 cm³/mol. The van der Waals surface area contributed by atoms with E-state index >= 15 is 0 Å². The van der Waals surface area contributed by atoms with Gasteiger partial charge in [-0.15, -0.1) is 0 Å². The maximum absolute atomic E-state index is 5.32. The number of aryl methyl sites for hydroxylation is 1. The van der Waals surface area contributed by atoms with Crippen LogP contribution in [0.2, 0.25) is 0 Å². The zero-order chi connectivity index (χ0) is 16.4. The molecule has 0 saturated heterocycles. The molecule has 1 aromatic heterocycles. The monoisotopic (exact) mass is 319 g/mol. The van der Waals surface area contributed by atoms with Gasteiger partial charge in [-0.3, -0.25) is 0 Å². The van der Waals surface area contributed by atoms with Gasteiger partial charge in [0.05, 0.1) is 13.7 Å². The van der Waals surface area contributed by atoms with Crippen molar-refractivity contribution in [2.75, 3.05) is 7.11 Å². The quantitative estimate of drug-likeness (QED) is 0.663. The summed E-state index contributed by atoms with van der Waals surface area (Å²) in [5, 5.41) is 0. The third kappa shape index (κ3) is 2.71. The molecule has 122 valence electrons. The second-order valence-electron chi connectivity index (χ2n) is 6.33. The van der Waals surface area contributed by atoms with E-state index in [-0.39, 0.29) is 0 Å². The van der Waals surface area contributed by atoms with E-state index in [4.69, 9.17) is 4.74 Å². The molecule has 0 radical (unpaired) electrons. The lowest BCUT2D eigenvalue weighted by molar-refractivity contribution is -0.702. The third-order valence-electron chi connectivity index (χ3n) is 4.81. The lowest BCUT2D eigenvalue weighted by Crippen LogP contribution is -2.35. The number of rotatable bonds is 3. The molecule has 4 rings (SSSR count). The molecule has 2 heterocycles. The minimum absolute atomic E-state index is 0.894. The van der Waals surface area contributed by atoms with Gasteiger partial charge in [-0.2, -0.15) is 4.57 Å². The molecule has 0 saturated carbocycles. The van der Waals surface area contributed by atoms with Crippen LogP contribution in [-0.4, -0.2) is 11.7 Å². The van der Waals surface area contributed by atoms with Crippen LogP contribution >= 0.6 is 0 Å². The highest BCUT2D eigenvalue weighted by molar-refractivity contribution is 5.61. The molecule has 1 aliphatic heterocycles. The number of hydrogen-bond donors (Lipinski definition) is 0. The normalized spacial score (nSPS) is 14.0. The lowest BCUT2D eigenvalue weighted by atomic mass is 10.1. The topological polar surface area (TPSA) is 18.0 Å². The van der Waals surface area contributed by atoms with Gasteiger partial charge in [-0.25, -0.2) is 4.57 Å². The SMILES string of the molecule is COc1ccc(-n2c(-c3ccccc3)c[n+]3c2CCCCC3)cc1. The maximum Gasteiger partial charge on any atom is 0.262 e. The van der Waals surface area contributed by atoms with Gasteiger partial charge in [-0.05, 0) is 43.5 Å². The van der Waals surface area contributed by atoms with Crippen molar-refractivity contribution in [3.8, 4) is 22.7 Å². The molecule has 3 heteroatoms. The van der Waals surface area contributed by atoms with Gasteiger partial charge in [0.15, 0.2) is 5.69 Å². The van der Waals surface area contributed by atoms with E-state index in [0.717, 1.165) is 18.7 Å². The summed E-state index contributed by atoms with van der Waals surface area (Å²) in [5.41, 5.74) is 3.72. The molecule has 2 aromatic carbocycles. The Morgan fingerprint density at radius 3 is 2.46 bits per heavy atom. The number of aromatic nitrogens is 2. The Balaban J connectivity index is 1.90. The number of nitrogens with zero attached hydrogens (tertiary/aromatic N) is 2. The lowest BCUT2D eigenvalue weighted by Gasteiger charge is -2.06. The van der Waals surface area contributed by atoms with E-state index in [1.54, 1.807) is 7.11 Å². The molecule has 0 unspecified atom stereocenters. The van der Waals surface area contributed by atoms with Crippen LogP contribution in [0.15, 0.2) is 60.8 Å². The first-order valence-corrected chi connectivity index (χ1v) is 8.71. The molecule has 3 nitrogen and oxygen atoms in total. The molecular weight excluding hydrogens is 296 g/mol. The second-order valence-corrected chi connectivity index (χ2v) is 6.33. The van der Waals surface area contributed by atoms with Crippen LogP contribution in [-0.2, 0) is 13.0 Å². The number of imidazole rings is 1. The average Bonchev–Trinajstić information content (AvgIpc) is 2.85. The molecule has 0 fully saturated rings. The Bertz CT molecular complexity index is 819. The van der Waals surface area contributed by atoms with E-state index in [1.165, 1.54) is 42.0 Å². The fourth-order valence-electron chi connectivity index (χ4n) is 3.57. The van der Waals surface area contributed by atoms with Crippen LogP contribution in [0.5, 0.6) is 5.75 Å². The molecule has 1 aliphatic rings. The number of methoxy groups -OCH3 is 1. The van der Waals surface area contributed by atoms with Crippen LogP contribution in [0.3, 0.4) is 0 Å². The van der Waals surface area contributed by atoms with E-state index in [9.17, 15) is 0 Å². The summed E-state index contributed by atoms with van der Waals surface area (Å²) in [6.07, 6.45) is 7.27. The van der Waals surface area contributed by atoms with Crippen molar-refractivity contribution in [2.24, 2.45) is 0 Å². The van der Waals surface area contributed by atoms with E-state index in [2.05, 4.69) is 57.8 Å². The van der Waals surface area contributed by atoms with E-state index in [1.807, 2.05) is 12.1 Å². The highest BCUT2D eigenvalue weighted by Gasteiger charge is 2.26. The first-order chi connectivity index (χ1) is 11.9. The summed E-state index contributed by atoms with van der Waals surface area (Å²) in [7, 11) is 1.71. The summed E-state index contributed by atoms with van der Waals surface area (Å²) >= 11 is 0. The largest absolute Gasteiger partial charge is 0.497 e. The standard InChI is InChI=1S/C21H23N2O/c1-24-19-13-11-18(12-14-19)23-20(17-8-4-2-5-9-17)16-22-15-7-3-6-10-21(22)23/h2,4-5,8-9,11-14,16H,3,6-7,10,15H2,1H3/q+1. The van der Waals surface area contributed by atoms with Gasteiger partial charge in [0.25, 0.3) is 5.82 Å². The van der Waals surface area contributed by atoms with Crippen molar-refractivity contribution < 1.29 is 9.30 Å². The van der Waals surface area contributed by atoms with Crippen LogP contribution in [0.1, 0.15) is 25.1 Å². The second kappa shape index (κ2) is 6.52. The summed E-state index contributed by atoms with van der Waals surface area (Å²) in [5.74, 6) is 2.29. The van der Waals surface area contributed by atoms with Gasteiger partial charge < -0.3 is 4.74 Å². The van der Waals surface area contributed by atoms with Crippen molar-refractivity contribution in [2.45, 2.75) is 32.2 Å². The molecule has 0 aliphatic carbocycles. The molecule has 0 spiro atoms. The summed E-state index contributed by atoms with van der Waals surface area (Å²) in [4.78, 5) is 0. The molecule has 0 N–H and O–H groups in total. The molecular formula is C21H23N2O+. The van der Waals surface area contributed by atoms with Crippen molar-refractivity contribution in [1.29, 1.82) is 0 Å². The summed E-state index contributed by atoms with van der Waals surface area (Å²) in [6, 6.07) is 19.0. The average molecular weight is 319 g/mol. The minimum Gasteiger partial charge on any atom is -0.497 e. The van der Waals surface area contributed by atoms with Gasteiger partial charge in [0.2, 0.25) is 0 Å². The van der Waals surface area contributed by atoms with E-state index in [0.29, 0.717) is 0 Å². The van der Waals surface area contributed by atoms with E-state index < -0.39 is 0 Å².